The van der Waals surface area contributed by atoms with E-state index >= 15 is 0 Å². The summed E-state index contributed by atoms with van der Waals surface area (Å²) in [7, 11) is 0. The molecule has 0 atom stereocenters. The first kappa shape index (κ1) is 12.0. The molecular weight excluding hydrogens is 264 g/mol. The van der Waals surface area contributed by atoms with E-state index in [2.05, 4.69) is 78.7 Å². The monoisotopic (exact) mass is 280 g/mol. The van der Waals surface area contributed by atoms with Gasteiger partial charge < -0.3 is 9.13 Å². The number of aromatic nitrogens is 2. The Hall–Kier alpha value is -1.74. The van der Waals surface area contributed by atoms with E-state index in [9.17, 15) is 0 Å². The highest BCUT2D eigenvalue weighted by Gasteiger charge is 2.25. The molecular formula is C17H16N2S. The van der Waals surface area contributed by atoms with Crippen molar-refractivity contribution in [2.45, 2.75) is 36.1 Å². The summed E-state index contributed by atoms with van der Waals surface area (Å²) in [5.74, 6) is 0. The molecule has 2 aromatic carbocycles. The molecule has 0 N–H and O–H groups in total. The molecule has 2 nitrogen and oxygen atoms in total. The number of imidazole rings is 1. The van der Waals surface area contributed by atoms with Gasteiger partial charge >= 0.3 is 0 Å². The predicted octanol–water partition coefficient (Wildman–Crippen LogP) is 3.94. The predicted molar refractivity (Wildman–Crippen MR) is 81.4 cm³/mol. The number of fused-ring (bicyclic) bond motifs is 2. The number of benzene rings is 2. The third-order valence-electron chi connectivity index (χ3n) is 3.64. The maximum absolute atomic E-state index is 3.55. The maximum atomic E-state index is 3.55. The Bertz CT molecular complexity index is 825. The summed E-state index contributed by atoms with van der Waals surface area (Å²) in [6.07, 6.45) is 3.55. The number of para-hydroxylation sites is 2. The summed E-state index contributed by atoms with van der Waals surface area (Å²) in [5, 5.41) is 0. The number of rotatable bonds is 0. The summed E-state index contributed by atoms with van der Waals surface area (Å²) in [5.41, 5.74) is 3.76. The lowest BCUT2D eigenvalue weighted by atomic mass is 10.1. The van der Waals surface area contributed by atoms with Gasteiger partial charge in [0.25, 0.3) is 0 Å². The molecule has 0 aliphatic carbocycles. The topological polar surface area (TPSA) is 8.81 Å². The standard InChI is InChI=1S/C17H16N2S/c1-17(2,3)19-11-18-12-7-4-5-9-14(12)20-15-10-6-8-13(19)16(15)18/h4-10H,1-3H3. The Labute approximate surface area is 123 Å². The Morgan fingerprint density at radius 2 is 1.75 bits per heavy atom. The van der Waals surface area contributed by atoms with E-state index in [4.69, 9.17) is 0 Å². The number of hydrogen-bond acceptors (Lipinski definition) is 1. The summed E-state index contributed by atoms with van der Waals surface area (Å²) in [6, 6.07) is 15.1. The van der Waals surface area contributed by atoms with Crippen molar-refractivity contribution in [1.82, 2.24) is 4.57 Å². The Morgan fingerprint density at radius 3 is 2.55 bits per heavy atom. The molecule has 0 bridgehead atoms. The van der Waals surface area contributed by atoms with E-state index in [1.54, 1.807) is 0 Å². The van der Waals surface area contributed by atoms with Gasteiger partial charge in [0.1, 0.15) is 0 Å². The molecule has 0 amide bonds. The van der Waals surface area contributed by atoms with Crippen LogP contribution in [0.5, 0.6) is 0 Å². The fourth-order valence-electron chi connectivity index (χ4n) is 2.73. The molecule has 0 unspecified atom stereocenters. The van der Waals surface area contributed by atoms with Crippen LogP contribution in [-0.2, 0) is 5.54 Å². The lowest BCUT2D eigenvalue weighted by Gasteiger charge is -2.19. The smallest absolute Gasteiger partial charge is 0.244 e. The second-order valence-electron chi connectivity index (χ2n) is 6.14. The minimum absolute atomic E-state index is 0.0199. The lowest BCUT2D eigenvalue weighted by Crippen LogP contribution is -2.33. The van der Waals surface area contributed by atoms with Crippen LogP contribution in [0.4, 0.5) is 0 Å². The van der Waals surface area contributed by atoms with E-state index in [1.807, 2.05) is 11.8 Å². The zero-order valence-corrected chi connectivity index (χ0v) is 12.7. The first-order valence-corrected chi connectivity index (χ1v) is 7.64. The molecule has 1 aliphatic rings. The number of hydrogen-bond donors (Lipinski definition) is 0. The Kier molecular flexibility index (Phi) is 2.34. The van der Waals surface area contributed by atoms with Crippen molar-refractivity contribution in [3.63, 3.8) is 0 Å². The van der Waals surface area contributed by atoms with Crippen molar-refractivity contribution < 1.29 is 4.57 Å². The van der Waals surface area contributed by atoms with E-state index in [-0.39, 0.29) is 5.54 Å². The van der Waals surface area contributed by atoms with Gasteiger partial charge in [0.05, 0.1) is 22.3 Å². The molecule has 20 heavy (non-hydrogen) atoms. The van der Waals surface area contributed by atoms with Gasteiger partial charge in [0, 0.05) is 9.79 Å². The number of nitrogens with zero attached hydrogens (tertiary/aromatic N) is 2. The minimum atomic E-state index is 0.0199. The molecule has 100 valence electrons. The van der Waals surface area contributed by atoms with Gasteiger partial charge in [-0.05, 0) is 20.8 Å². The summed E-state index contributed by atoms with van der Waals surface area (Å²) >= 11 is 1.84. The van der Waals surface area contributed by atoms with Gasteiger partial charge in [0.15, 0.2) is 0 Å². The van der Waals surface area contributed by atoms with E-state index in [0.717, 1.165) is 0 Å². The largest absolute Gasteiger partial charge is 0.317 e. The molecule has 0 saturated carbocycles. The van der Waals surface area contributed by atoms with Crippen LogP contribution >= 0.6 is 11.8 Å². The van der Waals surface area contributed by atoms with Crippen LogP contribution in [0, 0.1) is 6.33 Å². The van der Waals surface area contributed by atoms with Crippen molar-refractivity contribution >= 4 is 22.8 Å². The first-order chi connectivity index (χ1) is 9.55. The van der Waals surface area contributed by atoms with Gasteiger partial charge in [-0.1, -0.05) is 42.5 Å². The molecule has 2 heterocycles. The first-order valence-electron chi connectivity index (χ1n) is 6.82. The van der Waals surface area contributed by atoms with E-state index in [0.29, 0.717) is 0 Å². The highest BCUT2D eigenvalue weighted by Crippen LogP contribution is 2.39. The van der Waals surface area contributed by atoms with Crippen LogP contribution in [0.2, 0.25) is 0 Å². The molecule has 1 aliphatic heterocycles. The molecule has 4 rings (SSSR count). The van der Waals surface area contributed by atoms with Gasteiger partial charge in [-0.15, -0.1) is 11.8 Å². The molecule has 0 saturated heterocycles. The van der Waals surface area contributed by atoms with E-state index < -0.39 is 0 Å². The van der Waals surface area contributed by atoms with Crippen LogP contribution < -0.4 is 4.57 Å². The third-order valence-corrected chi connectivity index (χ3v) is 4.75. The van der Waals surface area contributed by atoms with Crippen molar-refractivity contribution in [3.05, 3.63) is 48.8 Å². The second-order valence-corrected chi connectivity index (χ2v) is 7.22. The molecule has 0 radical (unpaired) electrons. The average Bonchev–Trinajstić information content (AvgIpc) is 2.81. The molecule has 1 aromatic heterocycles. The summed E-state index contributed by atoms with van der Waals surface area (Å²) in [6.45, 7) is 6.66. The zero-order valence-electron chi connectivity index (χ0n) is 11.8. The van der Waals surface area contributed by atoms with Crippen molar-refractivity contribution in [1.29, 1.82) is 0 Å². The Morgan fingerprint density at radius 1 is 1.00 bits per heavy atom. The third kappa shape index (κ3) is 1.56. The van der Waals surface area contributed by atoms with Crippen LogP contribution in [0.3, 0.4) is 0 Å². The Balaban J connectivity index is 2.15. The average molecular weight is 280 g/mol. The van der Waals surface area contributed by atoms with Crippen LogP contribution in [-0.4, -0.2) is 4.57 Å². The van der Waals surface area contributed by atoms with Gasteiger partial charge in [-0.25, -0.2) is 0 Å². The summed E-state index contributed by atoms with van der Waals surface area (Å²) in [4.78, 5) is 2.60. The van der Waals surface area contributed by atoms with Crippen LogP contribution in [0.25, 0.3) is 16.7 Å². The molecule has 0 spiro atoms. The quantitative estimate of drug-likeness (QED) is 0.350. The second kappa shape index (κ2) is 3.89. The maximum Gasteiger partial charge on any atom is 0.244 e. The SMILES string of the molecule is CC(C)(C)n1[c-][n+]2c3c(cccc31)Sc1ccccc1-2. The molecule has 0 fully saturated rings. The fourth-order valence-corrected chi connectivity index (χ4v) is 3.82. The van der Waals surface area contributed by atoms with Crippen LogP contribution in [0.1, 0.15) is 20.8 Å². The van der Waals surface area contributed by atoms with Gasteiger partial charge in [0.2, 0.25) is 6.33 Å². The van der Waals surface area contributed by atoms with Crippen molar-refractivity contribution in [2.24, 2.45) is 0 Å². The van der Waals surface area contributed by atoms with Gasteiger partial charge in [-0.3, -0.25) is 0 Å². The zero-order chi connectivity index (χ0) is 13.9. The molecule has 3 aromatic rings. The highest BCUT2D eigenvalue weighted by atomic mass is 32.2. The normalized spacial score (nSPS) is 13.6. The van der Waals surface area contributed by atoms with Crippen molar-refractivity contribution in [2.75, 3.05) is 0 Å². The molecule has 3 heteroatoms. The summed E-state index contributed by atoms with van der Waals surface area (Å²) < 4.78 is 4.45. The van der Waals surface area contributed by atoms with Gasteiger partial charge in [-0.2, -0.15) is 0 Å². The fraction of sp³-hybridized carbons (Fsp3) is 0.235. The lowest BCUT2D eigenvalue weighted by molar-refractivity contribution is -0.578. The minimum Gasteiger partial charge on any atom is -0.317 e. The van der Waals surface area contributed by atoms with Crippen molar-refractivity contribution in [3.8, 4) is 5.69 Å². The van der Waals surface area contributed by atoms with Crippen LogP contribution in [0.15, 0.2) is 52.3 Å². The van der Waals surface area contributed by atoms with E-state index in [1.165, 1.54) is 26.5 Å². The highest BCUT2D eigenvalue weighted by molar-refractivity contribution is 7.99.